The number of amides is 1. The van der Waals surface area contributed by atoms with Crippen LogP contribution in [0.1, 0.15) is 10.5 Å². The number of rotatable bonds is 5. The molecule has 0 spiro atoms. The largest absolute Gasteiger partial charge is 0.320 e. The number of nitrogens with zero attached hydrogens (tertiary/aromatic N) is 2. The second kappa shape index (κ2) is 6.70. The summed E-state index contributed by atoms with van der Waals surface area (Å²) < 4.78 is 0. The van der Waals surface area contributed by atoms with Crippen LogP contribution in [0.3, 0.4) is 0 Å². The monoisotopic (exact) mass is 271 g/mol. The van der Waals surface area contributed by atoms with E-state index in [1.54, 1.807) is 11.8 Å². The maximum atomic E-state index is 12.0. The predicted molar refractivity (Wildman–Crippen MR) is 77.3 cm³/mol. The van der Waals surface area contributed by atoms with E-state index in [0.29, 0.717) is 5.69 Å². The summed E-state index contributed by atoms with van der Waals surface area (Å²) in [5, 5.41) is 2.84. The summed E-state index contributed by atoms with van der Waals surface area (Å²) in [5.41, 5.74) is 1.07. The Hall–Kier alpha value is -2.14. The van der Waals surface area contributed by atoms with Crippen molar-refractivity contribution in [2.24, 2.45) is 0 Å². The van der Waals surface area contributed by atoms with Gasteiger partial charge in [-0.15, -0.1) is 18.3 Å². The maximum absolute atomic E-state index is 12.0. The quantitative estimate of drug-likeness (QED) is 0.671. The third-order valence-electron chi connectivity index (χ3n) is 2.29. The van der Waals surface area contributed by atoms with Gasteiger partial charge in [-0.1, -0.05) is 18.2 Å². The van der Waals surface area contributed by atoms with Gasteiger partial charge in [0.05, 0.1) is 11.9 Å². The van der Waals surface area contributed by atoms with Crippen LogP contribution in [0.5, 0.6) is 0 Å². The van der Waals surface area contributed by atoms with Crippen molar-refractivity contribution in [3.63, 3.8) is 0 Å². The van der Waals surface area contributed by atoms with Crippen molar-refractivity contribution in [3.05, 3.63) is 61.2 Å². The standard InChI is InChI=1S/C14H13N3OS/c1-2-9-19-13-6-4-3-5-11(13)17-14(18)12-10-15-7-8-16-12/h2-8,10H,1,9H2,(H,17,18). The first kappa shape index (κ1) is 13.3. The minimum atomic E-state index is -0.264. The molecule has 0 unspecified atom stereocenters. The lowest BCUT2D eigenvalue weighted by Crippen LogP contribution is -2.14. The number of hydrogen-bond donors (Lipinski definition) is 1. The van der Waals surface area contributed by atoms with E-state index in [0.717, 1.165) is 16.3 Å². The van der Waals surface area contributed by atoms with Crippen molar-refractivity contribution in [3.8, 4) is 0 Å². The van der Waals surface area contributed by atoms with Crippen molar-refractivity contribution in [2.45, 2.75) is 4.90 Å². The molecule has 0 fully saturated rings. The zero-order valence-corrected chi connectivity index (χ0v) is 11.1. The van der Waals surface area contributed by atoms with Crippen LogP contribution >= 0.6 is 11.8 Å². The van der Waals surface area contributed by atoms with Crippen molar-refractivity contribution in [2.75, 3.05) is 11.1 Å². The van der Waals surface area contributed by atoms with Gasteiger partial charge in [-0.3, -0.25) is 9.78 Å². The van der Waals surface area contributed by atoms with Crippen molar-refractivity contribution >= 4 is 23.4 Å². The number of para-hydroxylation sites is 1. The zero-order chi connectivity index (χ0) is 13.5. The van der Waals surface area contributed by atoms with E-state index >= 15 is 0 Å². The van der Waals surface area contributed by atoms with Crippen LogP contribution in [0.2, 0.25) is 0 Å². The summed E-state index contributed by atoms with van der Waals surface area (Å²) >= 11 is 1.62. The molecular weight excluding hydrogens is 258 g/mol. The number of thioether (sulfide) groups is 1. The van der Waals surface area contributed by atoms with Crippen LogP contribution in [0.25, 0.3) is 0 Å². The van der Waals surface area contributed by atoms with Gasteiger partial charge in [0.15, 0.2) is 0 Å². The van der Waals surface area contributed by atoms with Crippen LogP contribution in [0, 0.1) is 0 Å². The molecule has 1 amide bonds. The number of carbonyl (C=O) groups excluding carboxylic acids is 1. The Morgan fingerprint density at radius 2 is 2.21 bits per heavy atom. The minimum absolute atomic E-state index is 0.264. The van der Waals surface area contributed by atoms with E-state index in [1.165, 1.54) is 18.6 Å². The highest BCUT2D eigenvalue weighted by Gasteiger charge is 2.09. The van der Waals surface area contributed by atoms with Gasteiger partial charge < -0.3 is 5.32 Å². The topological polar surface area (TPSA) is 54.9 Å². The van der Waals surface area contributed by atoms with E-state index in [-0.39, 0.29) is 5.91 Å². The van der Waals surface area contributed by atoms with Gasteiger partial charge in [-0.25, -0.2) is 4.98 Å². The Kier molecular flexibility index (Phi) is 4.69. The normalized spacial score (nSPS) is 9.89. The fraction of sp³-hybridized carbons (Fsp3) is 0.0714. The molecular formula is C14H13N3OS. The molecule has 1 aromatic carbocycles. The fourth-order valence-electron chi connectivity index (χ4n) is 1.45. The average molecular weight is 271 g/mol. The van der Waals surface area contributed by atoms with Gasteiger partial charge in [-0.05, 0) is 12.1 Å². The third kappa shape index (κ3) is 3.66. The molecule has 2 rings (SSSR count). The van der Waals surface area contributed by atoms with Crippen molar-refractivity contribution < 1.29 is 4.79 Å². The highest BCUT2D eigenvalue weighted by molar-refractivity contribution is 7.99. The summed E-state index contributed by atoms with van der Waals surface area (Å²) in [4.78, 5) is 20.8. The van der Waals surface area contributed by atoms with E-state index < -0.39 is 0 Å². The first-order valence-corrected chi connectivity index (χ1v) is 6.70. The molecule has 0 bridgehead atoms. The molecule has 0 aliphatic carbocycles. The molecule has 1 N–H and O–H groups in total. The Morgan fingerprint density at radius 3 is 2.95 bits per heavy atom. The maximum Gasteiger partial charge on any atom is 0.275 e. The molecule has 96 valence electrons. The molecule has 0 radical (unpaired) electrons. The third-order valence-corrected chi connectivity index (χ3v) is 3.36. The highest BCUT2D eigenvalue weighted by atomic mass is 32.2. The second-order valence-electron chi connectivity index (χ2n) is 3.64. The van der Waals surface area contributed by atoms with Gasteiger partial charge in [0.25, 0.3) is 5.91 Å². The number of carbonyl (C=O) groups is 1. The Morgan fingerprint density at radius 1 is 1.37 bits per heavy atom. The number of anilines is 1. The first-order chi connectivity index (χ1) is 9.31. The predicted octanol–water partition coefficient (Wildman–Crippen LogP) is 3.01. The Labute approximate surface area is 116 Å². The van der Waals surface area contributed by atoms with Crippen LogP contribution in [-0.4, -0.2) is 21.6 Å². The van der Waals surface area contributed by atoms with Crippen LogP contribution < -0.4 is 5.32 Å². The lowest BCUT2D eigenvalue weighted by molar-refractivity contribution is 0.102. The van der Waals surface area contributed by atoms with Gasteiger partial charge in [0.2, 0.25) is 0 Å². The fourth-order valence-corrected chi connectivity index (χ4v) is 2.19. The number of benzene rings is 1. The molecule has 0 atom stereocenters. The molecule has 19 heavy (non-hydrogen) atoms. The Bertz CT molecular complexity index is 572. The summed E-state index contributed by atoms with van der Waals surface area (Å²) in [6, 6.07) is 7.63. The molecule has 0 aliphatic heterocycles. The van der Waals surface area contributed by atoms with Gasteiger partial charge in [0.1, 0.15) is 5.69 Å². The van der Waals surface area contributed by atoms with Crippen molar-refractivity contribution in [1.82, 2.24) is 9.97 Å². The van der Waals surface area contributed by atoms with Crippen LogP contribution in [-0.2, 0) is 0 Å². The van der Waals surface area contributed by atoms with Crippen LogP contribution in [0.15, 0.2) is 60.4 Å². The minimum Gasteiger partial charge on any atom is -0.320 e. The lowest BCUT2D eigenvalue weighted by Gasteiger charge is -2.09. The molecule has 0 aliphatic rings. The summed E-state index contributed by atoms with van der Waals surface area (Å²) in [6.07, 6.45) is 6.29. The van der Waals surface area contributed by atoms with E-state index in [2.05, 4.69) is 21.9 Å². The Balaban J connectivity index is 2.14. The van der Waals surface area contributed by atoms with Crippen LogP contribution in [0.4, 0.5) is 5.69 Å². The van der Waals surface area contributed by atoms with Gasteiger partial charge in [-0.2, -0.15) is 0 Å². The van der Waals surface area contributed by atoms with E-state index in [9.17, 15) is 4.79 Å². The van der Waals surface area contributed by atoms with E-state index in [1.807, 2.05) is 30.3 Å². The molecule has 4 nitrogen and oxygen atoms in total. The summed E-state index contributed by atoms with van der Waals surface area (Å²) in [5.74, 6) is 0.526. The number of aromatic nitrogens is 2. The van der Waals surface area contributed by atoms with Gasteiger partial charge in [0, 0.05) is 23.0 Å². The average Bonchev–Trinajstić information content (AvgIpc) is 2.47. The molecule has 0 saturated heterocycles. The van der Waals surface area contributed by atoms with E-state index in [4.69, 9.17) is 0 Å². The smallest absolute Gasteiger partial charge is 0.275 e. The zero-order valence-electron chi connectivity index (χ0n) is 10.2. The second-order valence-corrected chi connectivity index (χ2v) is 4.70. The SMILES string of the molecule is C=CCSc1ccccc1NC(=O)c1cnccn1. The molecule has 1 heterocycles. The first-order valence-electron chi connectivity index (χ1n) is 5.71. The number of hydrogen-bond acceptors (Lipinski definition) is 4. The summed E-state index contributed by atoms with van der Waals surface area (Å²) in [6.45, 7) is 3.69. The molecule has 5 heteroatoms. The molecule has 1 aromatic heterocycles. The van der Waals surface area contributed by atoms with Crippen molar-refractivity contribution in [1.29, 1.82) is 0 Å². The number of nitrogens with one attached hydrogen (secondary N) is 1. The molecule has 0 saturated carbocycles. The van der Waals surface area contributed by atoms with Gasteiger partial charge >= 0.3 is 0 Å². The highest BCUT2D eigenvalue weighted by Crippen LogP contribution is 2.27. The molecule has 2 aromatic rings. The summed E-state index contributed by atoms with van der Waals surface area (Å²) in [7, 11) is 0. The lowest BCUT2D eigenvalue weighted by atomic mass is 10.3.